The summed E-state index contributed by atoms with van der Waals surface area (Å²) in [6, 6.07) is 0. The van der Waals surface area contributed by atoms with E-state index in [1.165, 1.54) is 0 Å². The van der Waals surface area contributed by atoms with E-state index in [9.17, 15) is 10.1 Å². The maximum absolute atomic E-state index is 10.4. The highest BCUT2D eigenvalue weighted by atomic mass is 16.6. The molecule has 0 saturated heterocycles. The summed E-state index contributed by atoms with van der Waals surface area (Å²) in [4.78, 5) is 10.0. The predicted octanol–water partition coefficient (Wildman–Crippen LogP) is 1.90. The van der Waals surface area contributed by atoms with Gasteiger partial charge in [0.2, 0.25) is 5.70 Å². The maximum Gasteiger partial charge on any atom is 0.242 e. The predicted molar refractivity (Wildman–Crippen MR) is 48.9 cm³/mol. The molecule has 0 saturated carbocycles. The van der Waals surface area contributed by atoms with Crippen molar-refractivity contribution < 1.29 is 9.66 Å². The van der Waals surface area contributed by atoms with E-state index in [4.69, 9.17) is 4.74 Å². The lowest BCUT2D eigenvalue weighted by Crippen LogP contribution is -2.18. The molecule has 0 amide bonds. The van der Waals surface area contributed by atoms with E-state index < -0.39 is 0 Å². The van der Waals surface area contributed by atoms with Crippen molar-refractivity contribution in [2.45, 2.75) is 25.4 Å². The first-order chi connectivity index (χ1) is 6.24. The zero-order valence-corrected chi connectivity index (χ0v) is 7.44. The van der Waals surface area contributed by atoms with Gasteiger partial charge in [-0.05, 0) is 18.9 Å². The zero-order valence-electron chi connectivity index (χ0n) is 7.44. The summed E-state index contributed by atoms with van der Waals surface area (Å²) < 4.78 is 5.37. The van der Waals surface area contributed by atoms with E-state index in [1.54, 1.807) is 12.2 Å². The van der Waals surface area contributed by atoms with Gasteiger partial charge in [-0.25, -0.2) is 0 Å². The summed E-state index contributed by atoms with van der Waals surface area (Å²) in [6.07, 6.45) is 5.35. The van der Waals surface area contributed by atoms with E-state index in [0.717, 1.165) is 6.42 Å². The first-order valence-corrected chi connectivity index (χ1v) is 4.30. The van der Waals surface area contributed by atoms with E-state index in [2.05, 4.69) is 6.58 Å². The number of hydrogen-bond acceptors (Lipinski definition) is 3. The molecule has 1 aliphatic carbocycles. The molecule has 0 bridgehead atoms. The molecule has 0 spiro atoms. The van der Waals surface area contributed by atoms with Crippen molar-refractivity contribution in [3.8, 4) is 0 Å². The minimum atomic E-state index is -0.316. The molecule has 0 aromatic carbocycles. The highest BCUT2D eigenvalue weighted by Crippen LogP contribution is 2.20. The summed E-state index contributed by atoms with van der Waals surface area (Å²) in [5.74, 6) is 0. The van der Waals surface area contributed by atoms with Gasteiger partial charge in [0.1, 0.15) is 0 Å². The number of rotatable bonds is 4. The number of hydrogen-bond donors (Lipinski definition) is 0. The first kappa shape index (κ1) is 9.92. The smallest absolute Gasteiger partial charge is 0.242 e. The van der Waals surface area contributed by atoms with Crippen molar-refractivity contribution in [1.29, 1.82) is 0 Å². The summed E-state index contributed by atoms with van der Waals surface area (Å²) >= 11 is 0. The van der Waals surface area contributed by atoms with Crippen molar-refractivity contribution in [2.75, 3.05) is 6.61 Å². The van der Waals surface area contributed by atoms with Crippen molar-refractivity contribution in [2.24, 2.45) is 0 Å². The molecular formula is C9H13NO3. The van der Waals surface area contributed by atoms with Crippen LogP contribution in [0.3, 0.4) is 0 Å². The molecule has 0 heterocycles. The molecule has 72 valence electrons. The molecule has 1 unspecified atom stereocenters. The molecule has 0 aliphatic heterocycles. The van der Waals surface area contributed by atoms with Crippen LogP contribution in [0.25, 0.3) is 0 Å². The lowest BCUT2D eigenvalue weighted by atomic mass is 10.0. The third kappa shape index (κ3) is 2.99. The summed E-state index contributed by atoms with van der Waals surface area (Å²) in [5, 5.41) is 10.4. The van der Waals surface area contributed by atoms with Crippen LogP contribution in [0.5, 0.6) is 0 Å². The zero-order chi connectivity index (χ0) is 9.68. The van der Waals surface area contributed by atoms with Gasteiger partial charge in [0.25, 0.3) is 0 Å². The van der Waals surface area contributed by atoms with Gasteiger partial charge < -0.3 is 4.74 Å². The van der Waals surface area contributed by atoms with Crippen molar-refractivity contribution in [3.05, 3.63) is 34.5 Å². The lowest BCUT2D eigenvalue weighted by Gasteiger charge is -2.17. The first-order valence-electron chi connectivity index (χ1n) is 4.30. The average Bonchev–Trinajstić information content (AvgIpc) is 2.15. The monoisotopic (exact) mass is 183 g/mol. The fourth-order valence-electron chi connectivity index (χ4n) is 1.32. The minimum Gasteiger partial charge on any atom is -0.374 e. The van der Waals surface area contributed by atoms with Gasteiger partial charge in [0, 0.05) is 6.42 Å². The molecule has 0 aromatic heterocycles. The molecule has 1 atom stereocenters. The van der Waals surface area contributed by atoms with Crippen LogP contribution in [0.1, 0.15) is 19.3 Å². The molecule has 0 radical (unpaired) electrons. The van der Waals surface area contributed by atoms with Gasteiger partial charge in [-0.1, -0.05) is 6.08 Å². The van der Waals surface area contributed by atoms with Crippen molar-refractivity contribution >= 4 is 0 Å². The molecule has 4 heteroatoms. The SMILES string of the molecule is C=CCOC1CC=C([N+](=O)[O-])CC1. The van der Waals surface area contributed by atoms with Crippen molar-refractivity contribution in [3.63, 3.8) is 0 Å². The molecule has 1 rings (SSSR count). The van der Waals surface area contributed by atoms with Crippen LogP contribution < -0.4 is 0 Å². The molecule has 0 aromatic rings. The molecule has 0 N–H and O–H groups in total. The van der Waals surface area contributed by atoms with E-state index in [0.29, 0.717) is 25.1 Å². The quantitative estimate of drug-likeness (QED) is 0.380. The fraction of sp³-hybridized carbons (Fsp3) is 0.556. The number of nitrogens with zero attached hydrogens (tertiary/aromatic N) is 1. The van der Waals surface area contributed by atoms with Gasteiger partial charge in [-0.3, -0.25) is 10.1 Å². The molecule has 4 nitrogen and oxygen atoms in total. The molecule has 1 aliphatic rings. The van der Waals surface area contributed by atoms with Gasteiger partial charge >= 0.3 is 0 Å². The average molecular weight is 183 g/mol. The summed E-state index contributed by atoms with van der Waals surface area (Å²) in [6.45, 7) is 4.06. The largest absolute Gasteiger partial charge is 0.374 e. The van der Waals surface area contributed by atoms with Crippen LogP contribution in [0, 0.1) is 10.1 Å². The Labute approximate surface area is 77.0 Å². The normalized spacial score (nSPS) is 22.2. The second-order valence-electron chi connectivity index (χ2n) is 2.97. The van der Waals surface area contributed by atoms with E-state index in [-0.39, 0.29) is 11.0 Å². The van der Waals surface area contributed by atoms with Gasteiger partial charge in [0.15, 0.2) is 0 Å². The number of nitro groups is 1. The Hall–Kier alpha value is -1.16. The summed E-state index contributed by atoms with van der Waals surface area (Å²) in [7, 11) is 0. The topological polar surface area (TPSA) is 52.4 Å². The van der Waals surface area contributed by atoms with Crippen molar-refractivity contribution in [1.82, 2.24) is 0 Å². The lowest BCUT2D eigenvalue weighted by molar-refractivity contribution is -0.429. The van der Waals surface area contributed by atoms with Gasteiger partial charge in [-0.2, -0.15) is 0 Å². The number of ether oxygens (including phenoxy) is 1. The minimum absolute atomic E-state index is 0.127. The Kier molecular flexibility index (Phi) is 3.64. The van der Waals surface area contributed by atoms with Gasteiger partial charge in [-0.15, -0.1) is 6.58 Å². The summed E-state index contributed by atoms with van der Waals surface area (Å²) in [5.41, 5.74) is 0.318. The Bertz CT molecular complexity index is 235. The standard InChI is InChI=1S/C9H13NO3/c1-2-7-13-9-5-3-8(4-6-9)10(11)12/h2-3,9H,1,4-7H2. The Morgan fingerprint density at radius 2 is 2.62 bits per heavy atom. The fourth-order valence-corrected chi connectivity index (χ4v) is 1.32. The van der Waals surface area contributed by atoms with Crippen LogP contribution in [-0.2, 0) is 4.74 Å². The van der Waals surface area contributed by atoms with Crippen LogP contribution >= 0.6 is 0 Å². The molecule has 13 heavy (non-hydrogen) atoms. The highest BCUT2D eigenvalue weighted by molar-refractivity contribution is 4.98. The third-order valence-electron chi connectivity index (χ3n) is 2.02. The van der Waals surface area contributed by atoms with Crippen LogP contribution in [0.4, 0.5) is 0 Å². The van der Waals surface area contributed by atoms with Crippen LogP contribution in [0.15, 0.2) is 24.4 Å². The van der Waals surface area contributed by atoms with E-state index in [1.807, 2.05) is 0 Å². The van der Waals surface area contributed by atoms with E-state index >= 15 is 0 Å². The third-order valence-corrected chi connectivity index (χ3v) is 2.02. The molecular weight excluding hydrogens is 170 g/mol. The second kappa shape index (κ2) is 4.77. The maximum atomic E-state index is 10.4. The molecule has 0 fully saturated rings. The van der Waals surface area contributed by atoms with Crippen LogP contribution in [-0.4, -0.2) is 17.6 Å². The Balaban J connectivity index is 2.37. The Morgan fingerprint density at radius 1 is 1.85 bits per heavy atom. The van der Waals surface area contributed by atoms with Crippen LogP contribution in [0.2, 0.25) is 0 Å². The van der Waals surface area contributed by atoms with Gasteiger partial charge in [0.05, 0.1) is 17.6 Å². The highest BCUT2D eigenvalue weighted by Gasteiger charge is 2.20. The Morgan fingerprint density at radius 3 is 3.08 bits per heavy atom. The second-order valence-corrected chi connectivity index (χ2v) is 2.97. The number of allylic oxidation sites excluding steroid dienone is 1.